The zero-order chi connectivity index (χ0) is 16.8. The fraction of sp³-hybridized carbons (Fsp3) is 0.500. The summed E-state index contributed by atoms with van der Waals surface area (Å²) < 4.78 is 15.5. The van der Waals surface area contributed by atoms with Crippen molar-refractivity contribution in [3.8, 4) is 11.5 Å². The van der Waals surface area contributed by atoms with E-state index >= 15 is 0 Å². The van der Waals surface area contributed by atoms with Crippen molar-refractivity contribution < 1.29 is 23.8 Å². The molecule has 0 heterocycles. The Morgan fingerprint density at radius 3 is 2.36 bits per heavy atom. The van der Waals surface area contributed by atoms with Crippen molar-refractivity contribution in [1.82, 2.24) is 5.32 Å². The third kappa shape index (κ3) is 5.63. The highest BCUT2D eigenvalue weighted by Crippen LogP contribution is 2.27. The molecule has 0 aliphatic heterocycles. The summed E-state index contributed by atoms with van der Waals surface area (Å²) in [6.07, 6.45) is 0.397. The van der Waals surface area contributed by atoms with E-state index in [1.54, 1.807) is 40.0 Å². The molecule has 22 heavy (non-hydrogen) atoms. The summed E-state index contributed by atoms with van der Waals surface area (Å²) >= 11 is 0. The van der Waals surface area contributed by atoms with Crippen molar-refractivity contribution in [3.05, 3.63) is 23.8 Å². The van der Waals surface area contributed by atoms with E-state index in [1.165, 1.54) is 7.11 Å². The molecule has 122 valence electrons. The monoisotopic (exact) mass is 309 g/mol. The predicted molar refractivity (Wildman–Crippen MR) is 82.5 cm³/mol. The zero-order valence-corrected chi connectivity index (χ0v) is 13.6. The van der Waals surface area contributed by atoms with Gasteiger partial charge in [0.1, 0.15) is 11.9 Å². The predicted octanol–water partition coefficient (Wildman–Crippen LogP) is 2.34. The van der Waals surface area contributed by atoms with Crippen molar-refractivity contribution in [2.24, 2.45) is 0 Å². The lowest BCUT2D eigenvalue weighted by molar-refractivity contribution is -0.109. The number of benzene rings is 1. The van der Waals surface area contributed by atoms with Crippen LogP contribution in [0.2, 0.25) is 0 Å². The van der Waals surface area contributed by atoms with Crippen LogP contribution < -0.4 is 14.8 Å². The van der Waals surface area contributed by atoms with Gasteiger partial charge in [0.15, 0.2) is 11.5 Å². The Morgan fingerprint density at radius 2 is 1.86 bits per heavy atom. The Balaban J connectivity index is 2.74. The van der Waals surface area contributed by atoms with Crippen LogP contribution in [-0.4, -0.2) is 38.2 Å². The lowest BCUT2D eigenvalue weighted by atomic mass is 10.1. The molecule has 0 spiro atoms. The summed E-state index contributed by atoms with van der Waals surface area (Å²) in [5, 5.41) is 2.54. The van der Waals surface area contributed by atoms with Crippen LogP contribution in [0.4, 0.5) is 4.79 Å². The molecule has 0 aliphatic carbocycles. The normalized spacial score (nSPS) is 12.2. The second kappa shape index (κ2) is 7.68. The van der Waals surface area contributed by atoms with Gasteiger partial charge in [0, 0.05) is 0 Å². The molecule has 6 heteroatoms. The molecule has 1 atom stereocenters. The molecule has 1 amide bonds. The van der Waals surface area contributed by atoms with Crippen LogP contribution in [0.3, 0.4) is 0 Å². The van der Waals surface area contributed by atoms with Gasteiger partial charge >= 0.3 is 6.09 Å². The quantitative estimate of drug-likeness (QED) is 0.816. The number of alkyl carbamates (subject to hydrolysis) is 1. The average molecular weight is 309 g/mol. The molecule has 0 radical (unpaired) electrons. The first-order chi connectivity index (χ1) is 10.3. The first-order valence-electron chi connectivity index (χ1n) is 6.94. The first kappa shape index (κ1) is 17.8. The van der Waals surface area contributed by atoms with Gasteiger partial charge in [0.05, 0.1) is 20.3 Å². The average Bonchev–Trinajstić information content (AvgIpc) is 2.44. The second-order valence-electron chi connectivity index (χ2n) is 5.78. The second-order valence-corrected chi connectivity index (χ2v) is 5.78. The van der Waals surface area contributed by atoms with Gasteiger partial charge in [-0.25, -0.2) is 4.79 Å². The fourth-order valence-electron chi connectivity index (χ4n) is 1.85. The van der Waals surface area contributed by atoms with Crippen molar-refractivity contribution >= 4 is 12.4 Å². The number of carbonyl (C=O) groups excluding carboxylic acids is 2. The SMILES string of the molecule is COc1ccc(C[C@@H](C=O)NC(=O)OC(C)(C)C)cc1OC. The van der Waals surface area contributed by atoms with E-state index in [4.69, 9.17) is 14.2 Å². The van der Waals surface area contributed by atoms with Crippen LogP contribution in [0.1, 0.15) is 26.3 Å². The van der Waals surface area contributed by atoms with Crippen LogP contribution in [0.5, 0.6) is 11.5 Å². The van der Waals surface area contributed by atoms with Gasteiger partial charge < -0.3 is 24.3 Å². The maximum Gasteiger partial charge on any atom is 0.408 e. The van der Waals surface area contributed by atoms with E-state index in [2.05, 4.69) is 5.32 Å². The van der Waals surface area contributed by atoms with Crippen LogP contribution in [0.15, 0.2) is 18.2 Å². The molecular formula is C16H23NO5. The van der Waals surface area contributed by atoms with E-state index in [-0.39, 0.29) is 0 Å². The minimum atomic E-state index is -0.673. The van der Waals surface area contributed by atoms with Gasteiger partial charge in [-0.05, 0) is 44.9 Å². The topological polar surface area (TPSA) is 73.9 Å². The third-order valence-electron chi connectivity index (χ3n) is 2.77. The molecule has 0 aromatic heterocycles. The van der Waals surface area contributed by atoms with Crippen LogP contribution >= 0.6 is 0 Å². The summed E-state index contributed by atoms with van der Waals surface area (Å²) in [6, 6.07) is 4.66. The molecule has 0 saturated heterocycles. The Morgan fingerprint density at radius 1 is 1.23 bits per heavy atom. The molecule has 6 nitrogen and oxygen atoms in total. The smallest absolute Gasteiger partial charge is 0.408 e. The lowest BCUT2D eigenvalue weighted by Crippen LogP contribution is -2.41. The standard InChI is InChI=1S/C16H23NO5/c1-16(2,3)22-15(19)17-12(10-18)8-11-6-7-13(20-4)14(9-11)21-5/h6-7,9-10,12H,8H2,1-5H3,(H,17,19)/t12-/m0/s1. The number of hydrogen-bond donors (Lipinski definition) is 1. The van der Waals surface area contributed by atoms with Crippen molar-refractivity contribution in [1.29, 1.82) is 0 Å². The number of rotatable bonds is 6. The van der Waals surface area contributed by atoms with E-state index in [0.717, 1.165) is 5.56 Å². The van der Waals surface area contributed by atoms with Crippen LogP contribution in [-0.2, 0) is 16.0 Å². The van der Waals surface area contributed by atoms with Gasteiger partial charge in [-0.2, -0.15) is 0 Å². The largest absolute Gasteiger partial charge is 0.493 e. The molecular weight excluding hydrogens is 286 g/mol. The third-order valence-corrected chi connectivity index (χ3v) is 2.77. The first-order valence-corrected chi connectivity index (χ1v) is 6.94. The van der Waals surface area contributed by atoms with Crippen molar-refractivity contribution in [3.63, 3.8) is 0 Å². The highest BCUT2D eigenvalue weighted by molar-refractivity contribution is 5.73. The molecule has 1 rings (SSSR count). The zero-order valence-electron chi connectivity index (χ0n) is 13.6. The summed E-state index contributed by atoms with van der Waals surface area (Å²) in [4.78, 5) is 22.9. The molecule has 0 unspecified atom stereocenters. The minimum absolute atomic E-state index is 0.336. The number of carbonyl (C=O) groups is 2. The molecule has 0 bridgehead atoms. The molecule has 1 aromatic rings. The number of hydrogen-bond acceptors (Lipinski definition) is 5. The Kier molecular flexibility index (Phi) is 6.22. The van der Waals surface area contributed by atoms with Crippen LogP contribution in [0.25, 0.3) is 0 Å². The van der Waals surface area contributed by atoms with Crippen molar-refractivity contribution in [2.75, 3.05) is 14.2 Å². The minimum Gasteiger partial charge on any atom is -0.493 e. The number of nitrogens with one attached hydrogen (secondary N) is 1. The molecule has 0 aliphatic rings. The highest BCUT2D eigenvalue weighted by atomic mass is 16.6. The Bertz CT molecular complexity index is 522. The van der Waals surface area contributed by atoms with E-state index < -0.39 is 17.7 Å². The lowest BCUT2D eigenvalue weighted by Gasteiger charge is -2.21. The summed E-state index contributed by atoms with van der Waals surface area (Å²) in [5.74, 6) is 1.18. The number of amides is 1. The maximum atomic E-state index is 11.7. The van der Waals surface area contributed by atoms with E-state index in [1.807, 2.05) is 6.07 Å². The molecule has 0 fully saturated rings. The Hall–Kier alpha value is -2.24. The summed E-state index contributed by atoms with van der Waals surface area (Å²) in [5.41, 5.74) is 0.228. The number of ether oxygens (including phenoxy) is 3. The Labute approximate surface area is 130 Å². The van der Waals surface area contributed by atoms with Gasteiger partial charge in [0.2, 0.25) is 0 Å². The molecule has 1 N–H and O–H groups in total. The number of methoxy groups -OCH3 is 2. The van der Waals surface area contributed by atoms with Crippen molar-refractivity contribution in [2.45, 2.75) is 38.8 Å². The van der Waals surface area contributed by atoms with Gasteiger partial charge in [0.25, 0.3) is 0 Å². The van der Waals surface area contributed by atoms with E-state index in [0.29, 0.717) is 24.2 Å². The fourth-order valence-corrected chi connectivity index (χ4v) is 1.85. The summed E-state index contributed by atoms with van der Waals surface area (Å²) in [7, 11) is 3.09. The van der Waals surface area contributed by atoms with Gasteiger partial charge in [-0.15, -0.1) is 0 Å². The maximum absolute atomic E-state index is 11.7. The molecule has 0 saturated carbocycles. The highest BCUT2D eigenvalue weighted by Gasteiger charge is 2.19. The molecule has 1 aromatic carbocycles. The summed E-state index contributed by atoms with van der Waals surface area (Å²) in [6.45, 7) is 5.28. The van der Waals surface area contributed by atoms with E-state index in [9.17, 15) is 9.59 Å². The van der Waals surface area contributed by atoms with Gasteiger partial charge in [-0.1, -0.05) is 6.07 Å². The van der Waals surface area contributed by atoms with Crippen LogP contribution in [0, 0.1) is 0 Å². The van der Waals surface area contributed by atoms with Gasteiger partial charge in [-0.3, -0.25) is 0 Å². The number of aldehydes is 1.